The zero-order chi connectivity index (χ0) is 22.2. The van der Waals surface area contributed by atoms with Gasteiger partial charge in [-0.3, -0.25) is 19.3 Å². The molecule has 3 aromatic rings. The standard InChI is InChI=1S/C20H14F3N3O3S2/c21-20(22,23)7-8-30-19-25-14-6-5-11(9-15(14)31-19)24-16(27)10-26-17(28)12-3-1-2-4-13(12)18(26)29/h1-6,9H,7-8,10H2,(H,24,27). The van der Waals surface area contributed by atoms with Gasteiger partial charge < -0.3 is 5.32 Å². The number of carbonyl (C=O) groups excluding carboxylic acids is 3. The Morgan fingerprint density at radius 1 is 1.10 bits per heavy atom. The Kier molecular flexibility index (Phi) is 5.71. The summed E-state index contributed by atoms with van der Waals surface area (Å²) >= 11 is 2.26. The molecular weight excluding hydrogens is 451 g/mol. The normalized spacial score (nSPS) is 13.7. The molecule has 2 aromatic carbocycles. The molecule has 3 amide bonds. The van der Waals surface area contributed by atoms with E-state index in [1.54, 1.807) is 30.3 Å². The Morgan fingerprint density at radius 3 is 2.42 bits per heavy atom. The number of thioether (sulfide) groups is 1. The van der Waals surface area contributed by atoms with E-state index in [9.17, 15) is 27.6 Å². The van der Waals surface area contributed by atoms with Crippen molar-refractivity contribution in [1.29, 1.82) is 0 Å². The van der Waals surface area contributed by atoms with Crippen LogP contribution in [0.3, 0.4) is 0 Å². The van der Waals surface area contributed by atoms with Gasteiger partial charge in [0, 0.05) is 11.4 Å². The van der Waals surface area contributed by atoms with Crippen LogP contribution in [0, 0.1) is 0 Å². The third-order valence-corrected chi connectivity index (χ3v) is 6.61. The number of nitrogens with zero attached hydrogens (tertiary/aromatic N) is 2. The number of rotatable bonds is 6. The van der Waals surface area contributed by atoms with Gasteiger partial charge in [0.1, 0.15) is 6.54 Å². The van der Waals surface area contributed by atoms with Crippen LogP contribution < -0.4 is 5.32 Å². The number of halogens is 3. The van der Waals surface area contributed by atoms with Crippen LogP contribution in [0.1, 0.15) is 27.1 Å². The maximum atomic E-state index is 12.4. The van der Waals surface area contributed by atoms with E-state index < -0.39 is 36.9 Å². The van der Waals surface area contributed by atoms with Crippen LogP contribution in [0.4, 0.5) is 18.9 Å². The zero-order valence-corrected chi connectivity index (χ0v) is 17.4. The Bertz CT molecular complexity index is 1160. The lowest BCUT2D eigenvalue weighted by Crippen LogP contribution is -2.37. The van der Waals surface area contributed by atoms with Crippen molar-refractivity contribution in [2.45, 2.75) is 16.9 Å². The summed E-state index contributed by atoms with van der Waals surface area (Å²) in [6.45, 7) is -0.425. The zero-order valence-electron chi connectivity index (χ0n) is 15.7. The molecular formula is C20H14F3N3O3S2. The SMILES string of the molecule is O=C(CN1C(=O)c2ccccc2C1=O)Nc1ccc2nc(SCCC(F)(F)F)sc2c1. The molecule has 1 aliphatic rings. The van der Waals surface area contributed by atoms with Crippen molar-refractivity contribution in [3.63, 3.8) is 0 Å². The predicted molar refractivity (Wildman–Crippen MR) is 111 cm³/mol. The smallest absolute Gasteiger partial charge is 0.324 e. The Morgan fingerprint density at radius 2 is 1.77 bits per heavy atom. The Balaban J connectivity index is 1.40. The number of hydrogen-bond acceptors (Lipinski definition) is 6. The molecule has 4 rings (SSSR count). The van der Waals surface area contributed by atoms with E-state index in [1.165, 1.54) is 23.5 Å². The lowest BCUT2D eigenvalue weighted by Gasteiger charge is -2.13. The van der Waals surface area contributed by atoms with Gasteiger partial charge in [-0.15, -0.1) is 11.3 Å². The lowest BCUT2D eigenvalue weighted by atomic mass is 10.1. The van der Waals surface area contributed by atoms with Gasteiger partial charge >= 0.3 is 6.18 Å². The van der Waals surface area contributed by atoms with Crippen LogP contribution in [0.15, 0.2) is 46.8 Å². The molecule has 0 saturated carbocycles. The van der Waals surface area contributed by atoms with E-state index in [-0.39, 0.29) is 16.9 Å². The largest absolute Gasteiger partial charge is 0.389 e. The monoisotopic (exact) mass is 465 g/mol. The Labute approximate surface area is 182 Å². The first-order valence-corrected chi connectivity index (χ1v) is 10.9. The maximum absolute atomic E-state index is 12.4. The highest BCUT2D eigenvalue weighted by atomic mass is 32.2. The van der Waals surface area contributed by atoms with E-state index in [2.05, 4.69) is 10.3 Å². The van der Waals surface area contributed by atoms with Gasteiger partial charge in [-0.05, 0) is 30.3 Å². The summed E-state index contributed by atoms with van der Waals surface area (Å²) in [6.07, 6.45) is -5.10. The molecule has 11 heteroatoms. The lowest BCUT2D eigenvalue weighted by molar-refractivity contribution is -0.129. The van der Waals surface area contributed by atoms with E-state index in [0.29, 0.717) is 20.2 Å². The summed E-state index contributed by atoms with van der Waals surface area (Å²) in [5, 5.41) is 2.64. The summed E-state index contributed by atoms with van der Waals surface area (Å²) < 4.78 is 38.1. The number of fused-ring (bicyclic) bond motifs is 2. The van der Waals surface area contributed by atoms with Crippen LogP contribution in [0.2, 0.25) is 0 Å². The van der Waals surface area contributed by atoms with Gasteiger partial charge in [0.2, 0.25) is 5.91 Å². The third-order valence-electron chi connectivity index (χ3n) is 4.44. The molecule has 0 bridgehead atoms. The molecule has 160 valence electrons. The van der Waals surface area contributed by atoms with Gasteiger partial charge in [-0.25, -0.2) is 4.98 Å². The van der Waals surface area contributed by atoms with Crippen molar-refractivity contribution in [2.75, 3.05) is 17.6 Å². The quantitative estimate of drug-likeness (QED) is 0.426. The summed E-state index contributed by atoms with van der Waals surface area (Å²) in [4.78, 5) is 42.3. The van der Waals surface area contributed by atoms with Crippen LogP contribution in [-0.4, -0.2) is 46.1 Å². The van der Waals surface area contributed by atoms with Crippen LogP contribution in [0.25, 0.3) is 10.2 Å². The minimum Gasteiger partial charge on any atom is -0.324 e. The van der Waals surface area contributed by atoms with Gasteiger partial charge in [0.25, 0.3) is 11.8 Å². The summed E-state index contributed by atoms with van der Waals surface area (Å²) in [5.74, 6) is -1.70. The second-order valence-electron chi connectivity index (χ2n) is 6.67. The van der Waals surface area contributed by atoms with Crippen molar-refractivity contribution in [2.24, 2.45) is 0 Å². The van der Waals surface area contributed by atoms with Crippen molar-refractivity contribution >= 4 is 56.7 Å². The summed E-state index contributed by atoms with van der Waals surface area (Å²) in [7, 11) is 0. The molecule has 2 heterocycles. The summed E-state index contributed by atoms with van der Waals surface area (Å²) in [5.41, 5.74) is 1.58. The van der Waals surface area contributed by atoms with Gasteiger partial charge in [0.05, 0.1) is 27.8 Å². The second kappa shape index (κ2) is 8.31. The first kappa shape index (κ1) is 21.3. The van der Waals surface area contributed by atoms with E-state index in [0.717, 1.165) is 16.7 Å². The molecule has 0 spiro atoms. The van der Waals surface area contributed by atoms with Gasteiger partial charge in [-0.1, -0.05) is 23.9 Å². The Hall–Kier alpha value is -2.92. The fourth-order valence-corrected chi connectivity index (χ4v) is 5.19. The second-order valence-corrected chi connectivity index (χ2v) is 9.04. The maximum Gasteiger partial charge on any atom is 0.389 e. The number of amides is 3. The molecule has 31 heavy (non-hydrogen) atoms. The fraction of sp³-hybridized carbons (Fsp3) is 0.200. The number of hydrogen-bond donors (Lipinski definition) is 1. The highest BCUT2D eigenvalue weighted by molar-refractivity contribution is 8.01. The van der Waals surface area contributed by atoms with Crippen molar-refractivity contribution in [3.8, 4) is 0 Å². The van der Waals surface area contributed by atoms with Crippen molar-refractivity contribution in [1.82, 2.24) is 9.88 Å². The number of carbonyl (C=O) groups is 3. The minimum atomic E-state index is -4.21. The molecule has 1 aliphatic heterocycles. The molecule has 0 fully saturated rings. The number of aromatic nitrogens is 1. The number of imide groups is 1. The number of nitrogens with one attached hydrogen (secondary N) is 1. The van der Waals surface area contributed by atoms with Crippen molar-refractivity contribution in [3.05, 3.63) is 53.6 Å². The first-order valence-electron chi connectivity index (χ1n) is 9.06. The number of anilines is 1. The van der Waals surface area contributed by atoms with Crippen LogP contribution in [0.5, 0.6) is 0 Å². The number of benzene rings is 2. The van der Waals surface area contributed by atoms with E-state index in [4.69, 9.17) is 0 Å². The van der Waals surface area contributed by atoms with E-state index in [1.807, 2.05) is 0 Å². The molecule has 6 nitrogen and oxygen atoms in total. The van der Waals surface area contributed by atoms with Crippen LogP contribution >= 0.6 is 23.1 Å². The molecule has 1 N–H and O–H groups in total. The topological polar surface area (TPSA) is 79.4 Å². The highest BCUT2D eigenvalue weighted by Gasteiger charge is 2.36. The first-order chi connectivity index (χ1) is 14.7. The average molecular weight is 465 g/mol. The number of thiazole rings is 1. The molecule has 0 unspecified atom stereocenters. The van der Waals surface area contributed by atoms with Crippen LogP contribution in [-0.2, 0) is 4.79 Å². The van der Waals surface area contributed by atoms with E-state index >= 15 is 0 Å². The molecule has 1 aromatic heterocycles. The van der Waals surface area contributed by atoms with Gasteiger partial charge in [-0.2, -0.15) is 13.2 Å². The molecule has 0 atom stereocenters. The average Bonchev–Trinajstić information content (AvgIpc) is 3.21. The fourth-order valence-electron chi connectivity index (χ4n) is 3.02. The molecule has 0 saturated heterocycles. The summed E-state index contributed by atoms with van der Waals surface area (Å²) in [6, 6.07) is 11.3. The minimum absolute atomic E-state index is 0.118. The van der Waals surface area contributed by atoms with Gasteiger partial charge in [0.15, 0.2) is 4.34 Å². The molecule has 0 aliphatic carbocycles. The third kappa shape index (κ3) is 4.72. The predicted octanol–water partition coefficient (Wildman–Crippen LogP) is 4.58. The number of alkyl halides is 3. The van der Waals surface area contributed by atoms with Crippen molar-refractivity contribution < 1.29 is 27.6 Å². The molecule has 0 radical (unpaired) electrons. The highest BCUT2D eigenvalue weighted by Crippen LogP contribution is 2.33.